The molecule has 2 aromatic heterocycles. The van der Waals surface area contributed by atoms with Crippen LogP contribution in [0.25, 0.3) is 10.8 Å². The maximum Gasteiger partial charge on any atom is 0.227 e. The Hall–Kier alpha value is -3.02. The molecule has 11 heteroatoms. The number of aliphatic hydroxyl groups is 1. The smallest absolute Gasteiger partial charge is 0.227 e. The zero-order valence-corrected chi connectivity index (χ0v) is 22.3. The number of aliphatic hydroxyl groups excluding tert-OH is 1. The van der Waals surface area contributed by atoms with Gasteiger partial charge in [0.2, 0.25) is 5.95 Å². The Morgan fingerprint density at radius 3 is 2.68 bits per heavy atom. The van der Waals surface area contributed by atoms with Crippen LogP contribution < -0.4 is 15.1 Å². The fraction of sp³-hybridized carbons (Fsp3) is 0.500. The van der Waals surface area contributed by atoms with Crippen LogP contribution in [0.4, 0.5) is 23.3 Å². The molecule has 2 aliphatic rings. The highest BCUT2D eigenvalue weighted by Crippen LogP contribution is 2.35. The number of anilines is 4. The molecule has 198 valence electrons. The molecule has 0 saturated carbocycles. The fourth-order valence-electron chi connectivity index (χ4n) is 5.19. The number of aromatic nitrogens is 3. The summed E-state index contributed by atoms with van der Waals surface area (Å²) in [5, 5.41) is 15.6. The van der Waals surface area contributed by atoms with Gasteiger partial charge >= 0.3 is 0 Å². The lowest BCUT2D eigenvalue weighted by Gasteiger charge is -2.35. The molecule has 0 amide bonds. The van der Waals surface area contributed by atoms with Gasteiger partial charge in [-0.05, 0) is 47.9 Å². The van der Waals surface area contributed by atoms with Crippen molar-refractivity contribution in [3.05, 3.63) is 42.2 Å². The second-order valence-corrected chi connectivity index (χ2v) is 12.2. The maximum absolute atomic E-state index is 12.3. The molecule has 37 heavy (non-hydrogen) atoms. The lowest BCUT2D eigenvalue weighted by Crippen LogP contribution is -2.48. The van der Waals surface area contributed by atoms with Crippen LogP contribution in [-0.4, -0.2) is 79.1 Å². The summed E-state index contributed by atoms with van der Waals surface area (Å²) in [6.45, 7) is 6.09. The minimum absolute atomic E-state index is 0.0309. The highest BCUT2D eigenvalue weighted by molar-refractivity contribution is 7.91. The Kier molecular flexibility index (Phi) is 7.19. The predicted octanol–water partition coefficient (Wildman–Crippen LogP) is 3.06. The van der Waals surface area contributed by atoms with Crippen LogP contribution in [0.3, 0.4) is 0 Å². The molecule has 2 aliphatic heterocycles. The van der Waals surface area contributed by atoms with E-state index in [1.165, 1.54) is 5.56 Å². The van der Waals surface area contributed by atoms with Gasteiger partial charge in [-0.15, -0.1) is 0 Å². The second kappa shape index (κ2) is 10.4. The van der Waals surface area contributed by atoms with E-state index in [4.69, 9.17) is 4.74 Å². The number of rotatable bonds is 6. The summed E-state index contributed by atoms with van der Waals surface area (Å²) in [4.78, 5) is 17.6. The summed E-state index contributed by atoms with van der Waals surface area (Å²) in [5.41, 5.74) is 2.06. The van der Waals surface area contributed by atoms with Gasteiger partial charge in [0, 0.05) is 50.2 Å². The van der Waals surface area contributed by atoms with E-state index in [1.807, 2.05) is 28.1 Å². The molecule has 3 aromatic rings. The first-order chi connectivity index (χ1) is 17.7. The monoisotopic (exact) mass is 526 g/mol. The largest absolute Gasteiger partial charge is 0.389 e. The van der Waals surface area contributed by atoms with E-state index in [0.717, 1.165) is 16.5 Å². The number of β-amino-alcohol motifs (C(OH)–C–C–N with tert-alkyl or cyclic N) is 1. The van der Waals surface area contributed by atoms with Crippen LogP contribution in [0.5, 0.6) is 0 Å². The summed E-state index contributed by atoms with van der Waals surface area (Å²) >= 11 is 0. The molecule has 1 aromatic carbocycles. The van der Waals surface area contributed by atoms with Crippen LogP contribution in [0.2, 0.25) is 0 Å². The van der Waals surface area contributed by atoms with Gasteiger partial charge < -0.3 is 25.0 Å². The molecule has 0 radical (unpaired) electrons. The van der Waals surface area contributed by atoms with E-state index in [1.54, 1.807) is 19.4 Å². The third-order valence-corrected chi connectivity index (χ3v) is 8.73. The first-order valence-electron chi connectivity index (χ1n) is 12.7. The zero-order chi connectivity index (χ0) is 26.2. The van der Waals surface area contributed by atoms with Crippen LogP contribution in [0.15, 0.2) is 36.7 Å². The third kappa shape index (κ3) is 5.48. The van der Waals surface area contributed by atoms with E-state index in [-0.39, 0.29) is 23.7 Å². The summed E-state index contributed by atoms with van der Waals surface area (Å²) in [7, 11) is -1.48. The molecule has 2 N–H and O–H groups in total. The normalized spacial score (nSPS) is 22.0. The number of nitrogens with one attached hydrogen (secondary N) is 1. The second-order valence-electron chi connectivity index (χ2n) is 10.1. The Bertz CT molecular complexity index is 1380. The summed E-state index contributed by atoms with van der Waals surface area (Å²) < 4.78 is 29.9. The molecule has 0 aliphatic carbocycles. The van der Waals surface area contributed by atoms with Gasteiger partial charge in [0.1, 0.15) is 17.5 Å². The van der Waals surface area contributed by atoms with Gasteiger partial charge in [0.15, 0.2) is 9.84 Å². The number of benzene rings is 1. The van der Waals surface area contributed by atoms with Gasteiger partial charge in [-0.25, -0.2) is 18.4 Å². The Labute approximate surface area is 217 Å². The molecule has 2 atom stereocenters. The highest BCUT2D eigenvalue weighted by atomic mass is 32.2. The zero-order valence-electron chi connectivity index (χ0n) is 21.5. The van der Waals surface area contributed by atoms with Crippen molar-refractivity contribution >= 4 is 43.9 Å². The fourth-order valence-corrected chi connectivity index (χ4v) is 6.64. The van der Waals surface area contributed by atoms with Crippen molar-refractivity contribution in [2.24, 2.45) is 0 Å². The van der Waals surface area contributed by atoms with Crippen molar-refractivity contribution in [1.82, 2.24) is 15.0 Å². The van der Waals surface area contributed by atoms with Gasteiger partial charge in [-0.2, -0.15) is 4.98 Å². The number of nitrogens with zero attached hydrogens (tertiary/aromatic N) is 5. The molecule has 0 unspecified atom stereocenters. The number of sulfone groups is 1. The maximum atomic E-state index is 12.3. The Balaban J connectivity index is 1.43. The van der Waals surface area contributed by atoms with E-state index in [2.05, 4.69) is 40.2 Å². The SMILES string of the molecule is CO[C@H]1CCN(c2nccc(Nc3cc4c(C(C)C)ccc(N5CCCS(=O)(=O)C5)c4cn3)n2)C[C@H]1O. The topological polar surface area (TPSA) is 121 Å². The molecule has 0 bridgehead atoms. The Morgan fingerprint density at radius 1 is 1.11 bits per heavy atom. The molecule has 4 heterocycles. The first-order valence-corrected chi connectivity index (χ1v) is 14.5. The van der Waals surface area contributed by atoms with Crippen molar-refractivity contribution in [1.29, 1.82) is 0 Å². The predicted molar refractivity (Wildman–Crippen MR) is 145 cm³/mol. The number of hydrogen-bond acceptors (Lipinski definition) is 10. The number of pyridine rings is 1. The summed E-state index contributed by atoms with van der Waals surface area (Å²) in [6, 6.07) is 7.89. The number of hydrogen-bond donors (Lipinski definition) is 2. The van der Waals surface area contributed by atoms with E-state index in [9.17, 15) is 13.5 Å². The average Bonchev–Trinajstić information content (AvgIpc) is 2.87. The summed E-state index contributed by atoms with van der Waals surface area (Å²) in [5.74, 6) is 2.33. The van der Waals surface area contributed by atoms with Crippen molar-refractivity contribution in [3.63, 3.8) is 0 Å². The van der Waals surface area contributed by atoms with E-state index < -0.39 is 15.9 Å². The Morgan fingerprint density at radius 2 is 1.95 bits per heavy atom. The molecule has 0 spiro atoms. The molecular weight excluding hydrogens is 492 g/mol. The molecule has 2 saturated heterocycles. The van der Waals surface area contributed by atoms with Gasteiger partial charge in [-0.3, -0.25) is 0 Å². The van der Waals surface area contributed by atoms with Crippen LogP contribution >= 0.6 is 0 Å². The molecule has 2 fully saturated rings. The number of fused-ring (bicyclic) bond motifs is 1. The van der Waals surface area contributed by atoms with Crippen molar-refractivity contribution in [2.45, 2.75) is 44.8 Å². The molecule has 10 nitrogen and oxygen atoms in total. The van der Waals surface area contributed by atoms with Gasteiger partial charge in [0.25, 0.3) is 0 Å². The van der Waals surface area contributed by atoms with Crippen molar-refractivity contribution in [2.75, 3.05) is 53.5 Å². The molecule has 5 rings (SSSR count). The number of ether oxygens (including phenoxy) is 1. The summed E-state index contributed by atoms with van der Waals surface area (Å²) in [6.07, 6.45) is 4.05. The van der Waals surface area contributed by atoms with Gasteiger partial charge in [0.05, 0.1) is 18.0 Å². The first kappa shape index (κ1) is 25.6. The van der Waals surface area contributed by atoms with Gasteiger partial charge in [-0.1, -0.05) is 19.9 Å². The minimum atomic E-state index is -3.09. The van der Waals surface area contributed by atoms with E-state index >= 15 is 0 Å². The lowest BCUT2D eigenvalue weighted by molar-refractivity contribution is -0.0219. The van der Waals surface area contributed by atoms with Crippen molar-refractivity contribution in [3.8, 4) is 0 Å². The highest BCUT2D eigenvalue weighted by Gasteiger charge is 2.29. The molecular formula is C26H34N6O4S. The van der Waals surface area contributed by atoms with Crippen LogP contribution in [0, 0.1) is 0 Å². The number of piperidine rings is 1. The van der Waals surface area contributed by atoms with Crippen molar-refractivity contribution < 1.29 is 18.3 Å². The quantitative estimate of drug-likeness (QED) is 0.496. The van der Waals surface area contributed by atoms with E-state index in [0.29, 0.717) is 50.1 Å². The van der Waals surface area contributed by atoms with Crippen LogP contribution in [0.1, 0.15) is 38.2 Å². The minimum Gasteiger partial charge on any atom is -0.389 e. The lowest BCUT2D eigenvalue weighted by atomic mass is 9.95. The van der Waals surface area contributed by atoms with Crippen LogP contribution in [-0.2, 0) is 14.6 Å². The third-order valence-electron chi connectivity index (χ3n) is 7.12. The average molecular weight is 527 g/mol. The number of methoxy groups -OCH3 is 1. The standard InChI is InChI=1S/C26H34N6O4S/c1-17(2)18-5-6-21(32-10-4-12-37(34,35)16-32)20-14-28-25(13-19(18)20)29-24-7-9-27-26(30-24)31-11-8-23(36-3)22(33)15-31/h5-7,9,13-14,17,22-23,33H,4,8,10-12,15-16H2,1-3H3,(H,27,28,29,30)/t22-,23+/m1/s1.